The first-order chi connectivity index (χ1) is 14.8. The molecule has 2 aromatic carbocycles. The maximum Gasteiger partial charge on any atom is 0.240 e. The van der Waals surface area contributed by atoms with Crippen LogP contribution in [0.5, 0.6) is 5.75 Å². The lowest BCUT2D eigenvalue weighted by molar-refractivity contribution is -0.119. The molecule has 1 heterocycles. The fraction of sp³-hybridized carbons (Fsp3) is 0.458. The van der Waals surface area contributed by atoms with Crippen LogP contribution in [0.15, 0.2) is 47.4 Å². The number of sulfonamides is 1. The normalized spacial score (nSPS) is 15.9. The van der Waals surface area contributed by atoms with Gasteiger partial charge < -0.3 is 9.64 Å². The molecule has 0 atom stereocenters. The van der Waals surface area contributed by atoms with Crippen LogP contribution in [-0.2, 0) is 27.7 Å². The van der Waals surface area contributed by atoms with E-state index in [-0.39, 0.29) is 22.8 Å². The second-order valence-corrected chi connectivity index (χ2v) is 10.4. The third-order valence-electron chi connectivity index (χ3n) is 5.65. The summed E-state index contributed by atoms with van der Waals surface area (Å²) in [6, 6.07) is 13.0. The summed E-state index contributed by atoms with van der Waals surface area (Å²) < 4.78 is 33.9. The summed E-state index contributed by atoms with van der Waals surface area (Å²) >= 11 is 0. The lowest BCUT2D eigenvalue weighted by Crippen LogP contribution is -2.30. The molecule has 2 aliphatic rings. The second-order valence-electron chi connectivity index (χ2n) is 8.62. The molecule has 0 saturated heterocycles. The highest BCUT2D eigenvalue weighted by molar-refractivity contribution is 7.89. The number of benzene rings is 2. The van der Waals surface area contributed by atoms with Crippen molar-refractivity contribution < 1.29 is 17.9 Å². The van der Waals surface area contributed by atoms with Crippen molar-refractivity contribution in [1.82, 2.24) is 4.72 Å². The number of carbonyl (C=O) groups is 1. The summed E-state index contributed by atoms with van der Waals surface area (Å²) in [5.41, 5.74) is 2.91. The van der Waals surface area contributed by atoms with Gasteiger partial charge in [0.1, 0.15) is 5.75 Å². The first-order valence-electron chi connectivity index (χ1n) is 11.0. The highest BCUT2D eigenvalue weighted by atomic mass is 32.2. The molecule has 0 spiro atoms. The fourth-order valence-corrected chi connectivity index (χ4v) is 5.08. The number of nitrogens with zero attached hydrogens (tertiary/aromatic N) is 1. The van der Waals surface area contributed by atoms with Gasteiger partial charge in [-0.25, -0.2) is 13.1 Å². The van der Waals surface area contributed by atoms with Crippen molar-refractivity contribution in [3.63, 3.8) is 0 Å². The van der Waals surface area contributed by atoms with E-state index in [4.69, 9.17) is 4.74 Å². The summed E-state index contributed by atoms with van der Waals surface area (Å²) in [6.45, 7) is 4.98. The van der Waals surface area contributed by atoms with Crippen LogP contribution >= 0.6 is 0 Å². The Morgan fingerprint density at radius 2 is 2.00 bits per heavy atom. The molecule has 1 fully saturated rings. The maximum atomic E-state index is 12.7. The van der Waals surface area contributed by atoms with Gasteiger partial charge in [0.15, 0.2) is 0 Å². The molecule has 2 aromatic rings. The van der Waals surface area contributed by atoms with Gasteiger partial charge in [0.05, 0.1) is 11.0 Å². The van der Waals surface area contributed by atoms with Gasteiger partial charge in [-0.2, -0.15) is 0 Å². The minimum atomic E-state index is -3.58. The van der Waals surface area contributed by atoms with E-state index in [1.807, 2.05) is 43.0 Å². The Kier molecular flexibility index (Phi) is 6.34. The Balaban J connectivity index is 1.33. The van der Waals surface area contributed by atoms with E-state index in [1.165, 1.54) is 0 Å². The number of hydrogen-bond acceptors (Lipinski definition) is 4. The Morgan fingerprint density at radius 1 is 1.19 bits per heavy atom. The minimum absolute atomic E-state index is 0.119. The van der Waals surface area contributed by atoms with E-state index in [0.717, 1.165) is 41.8 Å². The molecule has 0 radical (unpaired) electrons. The molecule has 166 valence electrons. The van der Waals surface area contributed by atoms with E-state index in [0.29, 0.717) is 25.9 Å². The number of amides is 1. The Labute approximate surface area is 184 Å². The molecule has 0 aromatic heterocycles. The number of anilines is 1. The average Bonchev–Trinajstić information content (AvgIpc) is 3.49. The number of aryl methyl sites for hydroxylation is 1. The Hall–Kier alpha value is -2.38. The van der Waals surface area contributed by atoms with Gasteiger partial charge in [-0.15, -0.1) is 0 Å². The summed E-state index contributed by atoms with van der Waals surface area (Å²) in [7, 11) is -3.58. The molecular formula is C24H30N2O4S. The van der Waals surface area contributed by atoms with Crippen LogP contribution in [0.25, 0.3) is 0 Å². The fourth-order valence-electron chi connectivity index (χ4n) is 3.95. The molecule has 4 rings (SSSR count). The zero-order valence-electron chi connectivity index (χ0n) is 18.1. The second kappa shape index (κ2) is 9.01. The Morgan fingerprint density at radius 3 is 2.74 bits per heavy atom. The van der Waals surface area contributed by atoms with Crippen molar-refractivity contribution in [3.05, 3.63) is 53.6 Å². The van der Waals surface area contributed by atoms with Gasteiger partial charge in [-0.05, 0) is 87.4 Å². The van der Waals surface area contributed by atoms with Crippen molar-refractivity contribution in [2.24, 2.45) is 5.92 Å². The number of ether oxygens (including phenoxy) is 1. The van der Waals surface area contributed by atoms with Gasteiger partial charge in [-0.3, -0.25) is 4.79 Å². The van der Waals surface area contributed by atoms with E-state index in [1.54, 1.807) is 18.2 Å². The average molecular weight is 443 g/mol. The number of fused-ring (bicyclic) bond motifs is 1. The number of hydrogen-bond donors (Lipinski definition) is 1. The zero-order valence-corrected chi connectivity index (χ0v) is 19.0. The van der Waals surface area contributed by atoms with Crippen molar-refractivity contribution >= 4 is 21.6 Å². The topological polar surface area (TPSA) is 75.7 Å². The van der Waals surface area contributed by atoms with Crippen LogP contribution < -0.4 is 14.4 Å². The Bertz CT molecular complexity index is 1060. The first kappa shape index (κ1) is 21.8. The lowest BCUT2D eigenvalue weighted by atomic mass is 10.1. The maximum absolute atomic E-state index is 12.7. The third kappa shape index (κ3) is 5.28. The quantitative estimate of drug-likeness (QED) is 0.601. The molecule has 1 aliphatic heterocycles. The molecule has 1 aliphatic carbocycles. The van der Waals surface area contributed by atoms with E-state index < -0.39 is 10.0 Å². The zero-order chi connectivity index (χ0) is 22.0. The lowest BCUT2D eigenvalue weighted by Gasteiger charge is -2.17. The van der Waals surface area contributed by atoms with Crippen LogP contribution in [0.4, 0.5) is 5.69 Å². The minimum Gasteiger partial charge on any atom is -0.491 e. The third-order valence-corrected chi connectivity index (χ3v) is 7.11. The molecule has 6 nitrogen and oxygen atoms in total. The van der Waals surface area contributed by atoms with Crippen molar-refractivity contribution in [1.29, 1.82) is 0 Å². The van der Waals surface area contributed by atoms with Gasteiger partial charge in [0.2, 0.25) is 15.9 Å². The molecule has 7 heteroatoms. The van der Waals surface area contributed by atoms with E-state index in [2.05, 4.69) is 4.72 Å². The van der Waals surface area contributed by atoms with Crippen LogP contribution in [0.1, 0.15) is 44.2 Å². The van der Waals surface area contributed by atoms with Crippen LogP contribution in [0, 0.1) is 5.92 Å². The number of rotatable bonds is 9. The van der Waals surface area contributed by atoms with Gasteiger partial charge in [-0.1, -0.05) is 12.1 Å². The number of nitrogens with one attached hydrogen (secondary N) is 1. The predicted octanol–water partition coefficient (Wildman–Crippen LogP) is 3.68. The van der Waals surface area contributed by atoms with E-state index >= 15 is 0 Å². The molecule has 1 amide bonds. The first-order valence-corrected chi connectivity index (χ1v) is 12.5. The highest BCUT2D eigenvalue weighted by Crippen LogP contribution is 2.37. The molecule has 1 saturated carbocycles. The van der Waals surface area contributed by atoms with Gasteiger partial charge in [0, 0.05) is 24.7 Å². The van der Waals surface area contributed by atoms with E-state index in [9.17, 15) is 13.2 Å². The highest BCUT2D eigenvalue weighted by Gasteiger charge is 2.36. The SMILES string of the molecule is CC(C)Oc1cccc(CCCNS(=O)(=O)c2ccc3c(c2)CCN3C(=O)C2CC2)c1. The van der Waals surface area contributed by atoms with Crippen molar-refractivity contribution in [2.45, 2.75) is 57.0 Å². The number of carbonyl (C=O) groups excluding carboxylic acids is 1. The molecular weight excluding hydrogens is 412 g/mol. The molecule has 0 unspecified atom stereocenters. The van der Waals surface area contributed by atoms with Crippen molar-refractivity contribution in [3.8, 4) is 5.75 Å². The van der Waals surface area contributed by atoms with Gasteiger partial charge >= 0.3 is 0 Å². The van der Waals surface area contributed by atoms with Crippen molar-refractivity contribution in [2.75, 3.05) is 18.0 Å². The molecule has 31 heavy (non-hydrogen) atoms. The van der Waals surface area contributed by atoms with Crippen LogP contribution in [-0.4, -0.2) is 33.5 Å². The summed E-state index contributed by atoms with van der Waals surface area (Å²) in [5, 5.41) is 0. The smallest absolute Gasteiger partial charge is 0.240 e. The molecule has 0 bridgehead atoms. The summed E-state index contributed by atoms with van der Waals surface area (Å²) in [6.07, 6.45) is 4.21. The monoisotopic (exact) mass is 442 g/mol. The van der Waals surface area contributed by atoms with Crippen LogP contribution in [0.2, 0.25) is 0 Å². The van der Waals surface area contributed by atoms with Gasteiger partial charge in [0.25, 0.3) is 0 Å². The standard InChI is InChI=1S/C24H30N2O4S/c1-17(2)30-21-7-3-5-18(15-21)6-4-13-25-31(28,29)22-10-11-23-20(16-22)12-14-26(23)24(27)19-8-9-19/h3,5,7,10-11,15-17,19,25H,4,6,8-9,12-14H2,1-2H3. The van der Waals surface area contributed by atoms with Crippen LogP contribution in [0.3, 0.4) is 0 Å². The predicted molar refractivity (Wildman–Crippen MR) is 121 cm³/mol. The summed E-state index contributed by atoms with van der Waals surface area (Å²) in [5.74, 6) is 1.17. The summed E-state index contributed by atoms with van der Waals surface area (Å²) in [4.78, 5) is 14.5. The largest absolute Gasteiger partial charge is 0.491 e. The molecule has 1 N–H and O–H groups in total.